The SMILES string of the molecule is CC(C)n1c(CNC(=O)c2ccc(Cl)c(Cl)c2O)n[nH]c1=S. The van der Waals surface area contributed by atoms with E-state index >= 15 is 0 Å². The molecule has 22 heavy (non-hydrogen) atoms. The van der Waals surface area contributed by atoms with Crippen molar-refractivity contribution in [2.45, 2.75) is 26.4 Å². The van der Waals surface area contributed by atoms with E-state index in [2.05, 4.69) is 15.5 Å². The Morgan fingerprint density at radius 3 is 2.82 bits per heavy atom. The number of phenols is 1. The molecule has 0 aliphatic carbocycles. The highest BCUT2D eigenvalue weighted by Gasteiger charge is 2.17. The van der Waals surface area contributed by atoms with Crippen LogP contribution in [-0.2, 0) is 6.54 Å². The predicted octanol–water partition coefficient (Wildman–Crippen LogP) is 3.46. The number of aromatic amines is 1. The number of carbonyl (C=O) groups is 1. The maximum absolute atomic E-state index is 12.1. The minimum atomic E-state index is -0.486. The quantitative estimate of drug-likeness (QED) is 0.729. The van der Waals surface area contributed by atoms with Crippen molar-refractivity contribution in [3.05, 3.63) is 38.3 Å². The number of halogens is 2. The molecule has 6 nitrogen and oxygen atoms in total. The number of phenolic OH excluding ortho intramolecular Hbond substituents is 1. The van der Waals surface area contributed by atoms with E-state index in [0.29, 0.717) is 10.6 Å². The molecule has 118 valence electrons. The molecule has 2 rings (SSSR count). The summed E-state index contributed by atoms with van der Waals surface area (Å²) in [7, 11) is 0. The number of rotatable bonds is 4. The first-order chi connectivity index (χ1) is 10.3. The standard InChI is InChI=1S/C13H14Cl2N4O2S/c1-6(2)19-9(17-18-13(19)22)5-16-12(21)7-3-4-8(14)10(15)11(7)20/h3-4,6,20H,5H2,1-2H3,(H,16,21)(H,18,22). The van der Waals surface area contributed by atoms with Crippen molar-refractivity contribution in [2.24, 2.45) is 0 Å². The molecule has 0 radical (unpaired) electrons. The summed E-state index contributed by atoms with van der Waals surface area (Å²) in [5, 5.41) is 19.4. The van der Waals surface area contributed by atoms with E-state index in [1.54, 1.807) is 4.57 Å². The van der Waals surface area contributed by atoms with Crippen LogP contribution in [0.1, 0.15) is 36.1 Å². The molecule has 0 saturated carbocycles. The van der Waals surface area contributed by atoms with E-state index in [4.69, 9.17) is 35.4 Å². The molecule has 0 saturated heterocycles. The lowest BCUT2D eigenvalue weighted by Gasteiger charge is -2.12. The Bertz CT molecular complexity index is 770. The van der Waals surface area contributed by atoms with Crippen LogP contribution in [0.3, 0.4) is 0 Å². The highest BCUT2D eigenvalue weighted by Crippen LogP contribution is 2.33. The van der Waals surface area contributed by atoms with Gasteiger partial charge in [0, 0.05) is 6.04 Å². The maximum atomic E-state index is 12.1. The van der Waals surface area contributed by atoms with Crippen LogP contribution in [0.25, 0.3) is 0 Å². The minimum Gasteiger partial charge on any atom is -0.505 e. The van der Waals surface area contributed by atoms with E-state index < -0.39 is 5.91 Å². The lowest BCUT2D eigenvalue weighted by Crippen LogP contribution is -2.25. The molecule has 0 aliphatic heterocycles. The van der Waals surface area contributed by atoms with Crippen LogP contribution < -0.4 is 5.32 Å². The second kappa shape index (κ2) is 6.68. The fraction of sp³-hybridized carbons (Fsp3) is 0.308. The fourth-order valence-corrected chi connectivity index (χ4v) is 2.65. The average Bonchev–Trinajstić information content (AvgIpc) is 2.83. The molecule has 9 heteroatoms. The first-order valence-electron chi connectivity index (χ1n) is 6.43. The molecular weight excluding hydrogens is 347 g/mol. The Labute approximate surface area is 142 Å². The number of hydrogen-bond acceptors (Lipinski definition) is 4. The maximum Gasteiger partial charge on any atom is 0.255 e. The van der Waals surface area contributed by atoms with E-state index in [-0.39, 0.29) is 33.9 Å². The lowest BCUT2D eigenvalue weighted by atomic mass is 10.2. The van der Waals surface area contributed by atoms with Crippen LogP contribution in [0.4, 0.5) is 0 Å². The third-order valence-electron chi connectivity index (χ3n) is 3.01. The van der Waals surface area contributed by atoms with Gasteiger partial charge in [0.2, 0.25) is 0 Å². The third-order valence-corrected chi connectivity index (χ3v) is 4.10. The number of carbonyl (C=O) groups excluding carboxylic acids is 1. The van der Waals surface area contributed by atoms with Gasteiger partial charge in [0.1, 0.15) is 10.8 Å². The number of benzene rings is 1. The largest absolute Gasteiger partial charge is 0.505 e. The number of nitrogens with zero attached hydrogens (tertiary/aromatic N) is 2. The van der Waals surface area contributed by atoms with Crippen LogP contribution in [-0.4, -0.2) is 25.8 Å². The normalized spacial score (nSPS) is 11.0. The van der Waals surface area contributed by atoms with Crippen molar-refractivity contribution in [1.82, 2.24) is 20.1 Å². The topological polar surface area (TPSA) is 82.9 Å². The number of amides is 1. The molecule has 1 amide bonds. The summed E-state index contributed by atoms with van der Waals surface area (Å²) >= 11 is 16.7. The number of aromatic hydroxyl groups is 1. The second-order valence-corrected chi connectivity index (χ2v) is 6.02. The van der Waals surface area contributed by atoms with Gasteiger partial charge in [-0.2, -0.15) is 5.10 Å². The van der Waals surface area contributed by atoms with E-state index in [1.165, 1.54) is 12.1 Å². The summed E-state index contributed by atoms with van der Waals surface area (Å²) in [4.78, 5) is 12.1. The van der Waals surface area contributed by atoms with Gasteiger partial charge in [-0.25, -0.2) is 0 Å². The zero-order valence-corrected chi connectivity index (χ0v) is 14.2. The third kappa shape index (κ3) is 3.26. The predicted molar refractivity (Wildman–Crippen MR) is 87.1 cm³/mol. The molecule has 0 bridgehead atoms. The van der Waals surface area contributed by atoms with Crippen LogP contribution >= 0.6 is 35.4 Å². The minimum absolute atomic E-state index is 0.0413. The number of hydrogen-bond donors (Lipinski definition) is 3. The van der Waals surface area contributed by atoms with E-state index in [0.717, 1.165) is 0 Å². The zero-order chi connectivity index (χ0) is 16.4. The van der Waals surface area contributed by atoms with Gasteiger partial charge < -0.3 is 15.0 Å². The number of aromatic nitrogens is 3. The summed E-state index contributed by atoms with van der Waals surface area (Å²) in [5.74, 6) is -0.248. The van der Waals surface area contributed by atoms with Gasteiger partial charge in [-0.1, -0.05) is 23.2 Å². The van der Waals surface area contributed by atoms with Gasteiger partial charge in [-0.3, -0.25) is 9.89 Å². The molecule has 1 aromatic carbocycles. The van der Waals surface area contributed by atoms with Crippen molar-refractivity contribution in [3.63, 3.8) is 0 Å². The smallest absolute Gasteiger partial charge is 0.255 e. The zero-order valence-electron chi connectivity index (χ0n) is 11.9. The highest BCUT2D eigenvalue weighted by molar-refractivity contribution is 7.71. The summed E-state index contributed by atoms with van der Waals surface area (Å²) in [6.45, 7) is 4.08. The van der Waals surface area contributed by atoms with E-state index in [1.807, 2.05) is 13.8 Å². The summed E-state index contributed by atoms with van der Waals surface area (Å²) in [6.07, 6.45) is 0. The van der Waals surface area contributed by atoms with Crippen molar-refractivity contribution in [3.8, 4) is 5.75 Å². The Morgan fingerprint density at radius 1 is 1.50 bits per heavy atom. The first kappa shape index (κ1) is 16.8. The molecule has 0 unspecified atom stereocenters. The van der Waals surface area contributed by atoms with Crippen LogP contribution in [0.15, 0.2) is 12.1 Å². The van der Waals surface area contributed by atoms with Gasteiger partial charge in [-0.05, 0) is 38.2 Å². The molecule has 3 N–H and O–H groups in total. The molecule has 0 spiro atoms. The molecule has 0 atom stereocenters. The Hall–Kier alpha value is -1.57. The number of H-pyrrole nitrogens is 1. The second-order valence-electron chi connectivity index (χ2n) is 4.85. The summed E-state index contributed by atoms with van der Waals surface area (Å²) in [5.41, 5.74) is 0.0413. The summed E-state index contributed by atoms with van der Waals surface area (Å²) < 4.78 is 2.28. The molecule has 1 aromatic heterocycles. The van der Waals surface area contributed by atoms with Crippen molar-refractivity contribution < 1.29 is 9.90 Å². The number of nitrogens with one attached hydrogen (secondary N) is 2. The van der Waals surface area contributed by atoms with Crippen molar-refractivity contribution in [1.29, 1.82) is 0 Å². The Balaban J connectivity index is 2.18. The molecular formula is C13H14Cl2N4O2S. The molecule has 0 fully saturated rings. The van der Waals surface area contributed by atoms with Gasteiger partial charge >= 0.3 is 0 Å². The van der Waals surface area contributed by atoms with E-state index in [9.17, 15) is 9.90 Å². The molecule has 0 aliphatic rings. The summed E-state index contributed by atoms with van der Waals surface area (Å²) in [6, 6.07) is 2.96. The van der Waals surface area contributed by atoms with Crippen molar-refractivity contribution in [2.75, 3.05) is 0 Å². The Kier molecular flexibility index (Phi) is 5.10. The Morgan fingerprint density at radius 2 is 2.18 bits per heavy atom. The fourth-order valence-electron chi connectivity index (χ4n) is 1.97. The van der Waals surface area contributed by atoms with Gasteiger partial charge in [0.15, 0.2) is 10.6 Å². The van der Waals surface area contributed by atoms with Gasteiger partial charge in [-0.15, -0.1) is 0 Å². The monoisotopic (exact) mass is 360 g/mol. The highest BCUT2D eigenvalue weighted by atomic mass is 35.5. The van der Waals surface area contributed by atoms with Crippen molar-refractivity contribution >= 4 is 41.3 Å². The van der Waals surface area contributed by atoms with Crippen LogP contribution in [0, 0.1) is 4.77 Å². The van der Waals surface area contributed by atoms with Crippen LogP contribution in [0.5, 0.6) is 5.75 Å². The molecule has 1 heterocycles. The lowest BCUT2D eigenvalue weighted by molar-refractivity contribution is 0.0946. The first-order valence-corrected chi connectivity index (χ1v) is 7.60. The average molecular weight is 361 g/mol. The van der Waals surface area contributed by atoms with Gasteiger partial charge in [0.05, 0.1) is 17.1 Å². The van der Waals surface area contributed by atoms with Gasteiger partial charge in [0.25, 0.3) is 5.91 Å². The van der Waals surface area contributed by atoms with Crippen LogP contribution in [0.2, 0.25) is 10.0 Å². The molecule has 2 aromatic rings.